The number of fused-ring (bicyclic) bond motifs is 1. The maximum atomic E-state index is 12.7. The number of hydrogen-bond donors (Lipinski definition) is 2. The number of aryl methyl sites for hydroxylation is 1. The van der Waals surface area contributed by atoms with Crippen molar-refractivity contribution >= 4 is 27.2 Å². The highest BCUT2D eigenvalue weighted by Crippen LogP contribution is 2.36. The lowest BCUT2D eigenvalue weighted by atomic mass is 9.81. The third kappa shape index (κ3) is 5.53. The number of pyridine rings is 1. The summed E-state index contributed by atoms with van der Waals surface area (Å²) < 4.78 is 38.2. The average Bonchev–Trinajstić information content (AvgIpc) is 3.26. The Morgan fingerprint density at radius 3 is 2.58 bits per heavy atom. The van der Waals surface area contributed by atoms with Gasteiger partial charge in [-0.2, -0.15) is 13.2 Å². The lowest BCUT2D eigenvalue weighted by molar-refractivity contribution is -0.137. The normalized spacial score (nSPS) is 14.7. The molecule has 4 nitrogen and oxygen atoms in total. The van der Waals surface area contributed by atoms with Crippen LogP contribution in [0, 0.1) is 11.8 Å². The van der Waals surface area contributed by atoms with E-state index in [4.69, 9.17) is 4.98 Å². The van der Waals surface area contributed by atoms with Crippen molar-refractivity contribution in [2.24, 2.45) is 0 Å². The first kappa shape index (κ1) is 24.3. The van der Waals surface area contributed by atoms with E-state index < -0.39 is 17.3 Å². The van der Waals surface area contributed by atoms with Gasteiger partial charge in [0.05, 0.1) is 10.4 Å². The number of anilines is 1. The molecular weight excluding hydrogens is 483 g/mol. The topological polar surface area (TPSA) is 58.0 Å². The summed E-state index contributed by atoms with van der Waals surface area (Å²) in [5.74, 6) is 6.12. The SMILES string of the molecule is OC1(C#Cc2nc(NCCCc3ccc(C(F)(F)F)cc3)sc2-c2ccc3cnccc3c2)CCC1. The maximum Gasteiger partial charge on any atom is 0.416 e. The lowest BCUT2D eigenvalue weighted by Gasteiger charge is -2.30. The number of nitrogens with zero attached hydrogens (tertiary/aromatic N) is 2. The second-order valence-electron chi connectivity index (χ2n) is 8.99. The Morgan fingerprint density at radius 1 is 1.06 bits per heavy atom. The highest BCUT2D eigenvalue weighted by atomic mass is 32.1. The smallest absolute Gasteiger partial charge is 0.378 e. The average molecular weight is 508 g/mol. The molecule has 8 heteroatoms. The van der Waals surface area contributed by atoms with Crippen molar-refractivity contribution in [2.75, 3.05) is 11.9 Å². The third-order valence-electron chi connectivity index (χ3n) is 6.32. The first-order chi connectivity index (χ1) is 17.3. The van der Waals surface area contributed by atoms with Crippen LogP contribution in [0.3, 0.4) is 0 Å². The molecule has 1 aliphatic carbocycles. The number of thiazole rings is 1. The van der Waals surface area contributed by atoms with E-state index in [9.17, 15) is 18.3 Å². The second kappa shape index (κ2) is 9.92. The van der Waals surface area contributed by atoms with E-state index in [1.165, 1.54) is 23.5 Å². The van der Waals surface area contributed by atoms with Gasteiger partial charge in [-0.15, -0.1) is 0 Å². The lowest BCUT2D eigenvalue weighted by Crippen LogP contribution is -2.34. The molecule has 5 rings (SSSR count). The molecule has 0 atom stereocenters. The van der Waals surface area contributed by atoms with Gasteiger partial charge in [0, 0.05) is 24.3 Å². The third-order valence-corrected chi connectivity index (χ3v) is 7.39. The number of benzene rings is 2. The maximum absolute atomic E-state index is 12.7. The Bertz CT molecular complexity index is 1430. The minimum absolute atomic E-state index is 0.619. The Balaban J connectivity index is 1.31. The molecule has 0 radical (unpaired) electrons. The molecule has 1 fully saturated rings. The van der Waals surface area contributed by atoms with Crippen LogP contribution in [0.25, 0.3) is 21.2 Å². The highest BCUT2D eigenvalue weighted by molar-refractivity contribution is 7.19. The molecule has 0 saturated heterocycles. The summed E-state index contributed by atoms with van der Waals surface area (Å²) in [5, 5.41) is 16.6. The fraction of sp³-hybridized carbons (Fsp3) is 0.286. The van der Waals surface area contributed by atoms with Crippen LogP contribution < -0.4 is 5.32 Å². The molecule has 2 aromatic heterocycles. The van der Waals surface area contributed by atoms with Crippen molar-refractivity contribution in [1.82, 2.24) is 9.97 Å². The number of halogens is 3. The van der Waals surface area contributed by atoms with Crippen molar-refractivity contribution in [3.05, 3.63) is 77.7 Å². The molecular formula is C28H24F3N3OS. The summed E-state index contributed by atoms with van der Waals surface area (Å²) in [7, 11) is 0. The summed E-state index contributed by atoms with van der Waals surface area (Å²) in [6.07, 6.45) is 2.98. The molecule has 184 valence electrons. The van der Waals surface area contributed by atoms with Gasteiger partial charge in [0.15, 0.2) is 5.13 Å². The van der Waals surface area contributed by atoms with Crippen molar-refractivity contribution in [3.8, 4) is 22.3 Å². The number of nitrogens with one attached hydrogen (secondary N) is 1. The predicted molar refractivity (Wildman–Crippen MR) is 137 cm³/mol. The van der Waals surface area contributed by atoms with Gasteiger partial charge in [0.2, 0.25) is 0 Å². The summed E-state index contributed by atoms with van der Waals surface area (Å²) in [5.41, 5.74) is 0.916. The molecule has 1 saturated carbocycles. The fourth-order valence-electron chi connectivity index (χ4n) is 4.06. The van der Waals surface area contributed by atoms with Gasteiger partial charge in [-0.25, -0.2) is 4.98 Å². The molecule has 4 aromatic rings. The number of aliphatic hydroxyl groups is 1. The van der Waals surface area contributed by atoms with Gasteiger partial charge >= 0.3 is 6.18 Å². The van der Waals surface area contributed by atoms with Crippen LogP contribution in [0.5, 0.6) is 0 Å². The number of hydrogen-bond acceptors (Lipinski definition) is 5. The summed E-state index contributed by atoms with van der Waals surface area (Å²) in [6.45, 7) is 0.619. The summed E-state index contributed by atoms with van der Waals surface area (Å²) in [4.78, 5) is 9.79. The molecule has 0 aliphatic heterocycles. The van der Waals surface area contributed by atoms with E-state index in [-0.39, 0.29) is 0 Å². The van der Waals surface area contributed by atoms with Crippen molar-refractivity contribution in [3.63, 3.8) is 0 Å². The van der Waals surface area contributed by atoms with Gasteiger partial charge < -0.3 is 10.4 Å². The Kier molecular flexibility index (Phi) is 6.69. The molecule has 2 aromatic carbocycles. The first-order valence-electron chi connectivity index (χ1n) is 11.8. The van der Waals surface area contributed by atoms with Gasteiger partial charge in [-0.05, 0) is 78.8 Å². The fourth-order valence-corrected chi connectivity index (χ4v) is 5.00. The molecule has 0 unspecified atom stereocenters. The quantitative estimate of drug-likeness (QED) is 0.226. The van der Waals surface area contributed by atoms with Crippen LogP contribution in [0.1, 0.15) is 42.5 Å². The summed E-state index contributed by atoms with van der Waals surface area (Å²) in [6, 6.07) is 13.4. The number of rotatable bonds is 6. The van der Waals surface area contributed by atoms with Crippen molar-refractivity contribution in [2.45, 2.75) is 43.9 Å². The predicted octanol–water partition coefficient (Wildman–Crippen LogP) is 6.69. The molecule has 2 N–H and O–H groups in total. The van der Waals surface area contributed by atoms with E-state index in [0.29, 0.717) is 31.5 Å². The number of alkyl halides is 3. The Labute approximate surface area is 211 Å². The van der Waals surface area contributed by atoms with Crippen LogP contribution in [0.2, 0.25) is 0 Å². The van der Waals surface area contributed by atoms with E-state index in [1.807, 2.05) is 24.4 Å². The van der Waals surface area contributed by atoms with Crippen LogP contribution in [0.4, 0.5) is 18.3 Å². The molecule has 1 aliphatic rings. The van der Waals surface area contributed by atoms with E-state index >= 15 is 0 Å². The molecule has 36 heavy (non-hydrogen) atoms. The van der Waals surface area contributed by atoms with E-state index in [2.05, 4.69) is 28.2 Å². The zero-order chi connectivity index (χ0) is 25.2. The minimum Gasteiger partial charge on any atom is -0.378 e. The van der Waals surface area contributed by atoms with E-state index in [0.717, 1.165) is 56.9 Å². The van der Waals surface area contributed by atoms with Gasteiger partial charge in [0.25, 0.3) is 0 Å². The largest absolute Gasteiger partial charge is 0.416 e. The number of aromatic nitrogens is 2. The van der Waals surface area contributed by atoms with Crippen molar-refractivity contribution < 1.29 is 18.3 Å². The van der Waals surface area contributed by atoms with Gasteiger partial charge in [-0.1, -0.05) is 41.5 Å². The van der Waals surface area contributed by atoms with Crippen LogP contribution >= 0.6 is 11.3 Å². The highest BCUT2D eigenvalue weighted by Gasteiger charge is 2.32. The minimum atomic E-state index is -4.32. The van der Waals surface area contributed by atoms with Crippen LogP contribution in [-0.4, -0.2) is 27.2 Å². The standard InChI is InChI=1S/C28H24F3N3OS/c29-28(30,31)23-8-4-19(5-9-23)3-1-15-33-26-34-24(10-14-27(35)12-2-13-27)25(36-26)21-6-7-22-18-32-16-11-20(22)17-21/h4-9,11,16-18,35H,1-3,12-13,15H2,(H,33,34). The summed E-state index contributed by atoms with van der Waals surface area (Å²) >= 11 is 1.50. The van der Waals surface area contributed by atoms with Crippen LogP contribution in [0.15, 0.2) is 60.9 Å². The molecule has 0 amide bonds. The molecule has 0 bridgehead atoms. The first-order valence-corrected chi connectivity index (χ1v) is 12.6. The zero-order valence-electron chi connectivity index (χ0n) is 19.4. The molecule has 2 heterocycles. The van der Waals surface area contributed by atoms with Crippen molar-refractivity contribution in [1.29, 1.82) is 0 Å². The van der Waals surface area contributed by atoms with Crippen LogP contribution in [-0.2, 0) is 12.6 Å². The van der Waals surface area contributed by atoms with E-state index in [1.54, 1.807) is 6.20 Å². The Hall–Kier alpha value is -3.41. The van der Waals surface area contributed by atoms with Gasteiger partial charge in [-0.3, -0.25) is 4.98 Å². The monoisotopic (exact) mass is 507 g/mol. The Morgan fingerprint density at radius 2 is 1.86 bits per heavy atom. The zero-order valence-corrected chi connectivity index (χ0v) is 20.2. The molecule has 0 spiro atoms. The van der Waals surface area contributed by atoms with Gasteiger partial charge in [0.1, 0.15) is 11.3 Å². The second-order valence-corrected chi connectivity index (χ2v) is 9.99.